The smallest absolute Gasteiger partial charge is 0.226 e. The Bertz CT molecular complexity index is 1130. The number of pyridine rings is 1. The van der Waals surface area contributed by atoms with Gasteiger partial charge < -0.3 is 5.32 Å². The van der Waals surface area contributed by atoms with Crippen LogP contribution in [0.25, 0.3) is 11.3 Å². The maximum atomic E-state index is 13.0. The van der Waals surface area contributed by atoms with E-state index in [0.29, 0.717) is 6.42 Å². The maximum Gasteiger partial charge on any atom is 0.226 e. The lowest BCUT2D eigenvalue weighted by Gasteiger charge is -2.10. The Morgan fingerprint density at radius 2 is 1.97 bits per heavy atom. The zero-order chi connectivity index (χ0) is 20.9. The van der Waals surface area contributed by atoms with Gasteiger partial charge >= 0.3 is 0 Å². The number of amides is 1. The molecule has 5 nitrogen and oxygen atoms in total. The zero-order valence-corrected chi connectivity index (χ0v) is 17.8. The highest BCUT2D eigenvalue weighted by Gasteiger charge is 2.15. The molecule has 0 aliphatic carbocycles. The minimum absolute atomic E-state index is 0.0979. The van der Waals surface area contributed by atoms with E-state index in [9.17, 15) is 9.18 Å². The van der Waals surface area contributed by atoms with Crippen LogP contribution in [0.15, 0.2) is 59.6 Å². The van der Waals surface area contributed by atoms with E-state index >= 15 is 0 Å². The van der Waals surface area contributed by atoms with Gasteiger partial charge in [-0.1, -0.05) is 12.1 Å². The van der Waals surface area contributed by atoms with Gasteiger partial charge in [-0.25, -0.2) is 14.4 Å². The molecule has 1 amide bonds. The Kier molecular flexibility index (Phi) is 6.25. The molecular formula is C22H19FN4OS2. The summed E-state index contributed by atoms with van der Waals surface area (Å²) in [4.78, 5) is 25.7. The van der Waals surface area contributed by atoms with Crippen LogP contribution in [0.4, 0.5) is 4.39 Å². The molecule has 3 aromatic heterocycles. The van der Waals surface area contributed by atoms with Gasteiger partial charge in [0.25, 0.3) is 0 Å². The second kappa shape index (κ2) is 9.23. The first-order valence-electron chi connectivity index (χ1n) is 9.40. The Hall–Kier alpha value is -2.97. The standard InChI is InChI=1S/C22H19FN4OS2/c1-14(22-27-19(13-30-22)16-3-2-8-24-11-16)25-20(28)10-18-12-29-21(26-18)9-15-4-6-17(23)7-5-15/h2-8,11-14H,9-10H2,1H3,(H,25,28). The molecule has 1 unspecified atom stereocenters. The Balaban J connectivity index is 1.33. The highest BCUT2D eigenvalue weighted by atomic mass is 32.1. The van der Waals surface area contributed by atoms with Crippen molar-refractivity contribution in [1.29, 1.82) is 0 Å². The SMILES string of the molecule is CC(NC(=O)Cc1csc(Cc2ccc(F)cc2)n1)c1nc(-c2cccnc2)cs1. The van der Waals surface area contributed by atoms with Crippen LogP contribution in [0.1, 0.15) is 34.2 Å². The van der Waals surface area contributed by atoms with Crippen LogP contribution >= 0.6 is 22.7 Å². The van der Waals surface area contributed by atoms with E-state index in [0.717, 1.165) is 32.5 Å². The number of hydrogen-bond donors (Lipinski definition) is 1. The Morgan fingerprint density at radius 3 is 2.73 bits per heavy atom. The first-order chi connectivity index (χ1) is 14.6. The molecular weight excluding hydrogens is 419 g/mol. The van der Waals surface area contributed by atoms with Gasteiger partial charge in [-0.2, -0.15) is 0 Å². The summed E-state index contributed by atoms with van der Waals surface area (Å²) in [5, 5.41) is 8.60. The second-order valence-electron chi connectivity index (χ2n) is 6.81. The van der Waals surface area contributed by atoms with Crippen LogP contribution in [0, 0.1) is 5.82 Å². The molecule has 1 atom stereocenters. The predicted octanol–water partition coefficient (Wildman–Crippen LogP) is 4.81. The van der Waals surface area contributed by atoms with Crippen molar-refractivity contribution in [2.45, 2.75) is 25.8 Å². The normalized spacial score (nSPS) is 11.9. The van der Waals surface area contributed by atoms with Gasteiger partial charge in [0.1, 0.15) is 10.8 Å². The molecule has 152 valence electrons. The van der Waals surface area contributed by atoms with Crippen molar-refractivity contribution >= 4 is 28.6 Å². The van der Waals surface area contributed by atoms with Crippen molar-refractivity contribution in [2.75, 3.05) is 0 Å². The maximum absolute atomic E-state index is 13.0. The lowest BCUT2D eigenvalue weighted by Crippen LogP contribution is -2.28. The van der Waals surface area contributed by atoms with E-state index in [4.69, 9.17) is 0 Å². The molecule has 0 aliphatic rings. The number of thiazole rings is 2. The predicted molar refractivity (Wildman–Crippen MR) is 117 cm³/mol. The summed E-state index contributed by atoms with van der Waals surface area (Å²) in [6.45, 7) is 1.92. The van der Waals surface area contributed by atoms with Crippen molar-refractivity contribution in [3.05, 3.63) is 86.6 Å². The number of hydrogen-bond acceptors (Lipinski definition) is 6. The number of rotatable bonds is 7. The summed E-state index contributed by atoms with van der Waals surface area (Å²) in [5.41, 5.74) is 3.53. The number of carbonyl (C=O) groups is 1. The summed E-state index contributed by atoms with van der Waals surface area (Å²) in [5.74, 6) is -0.351. The van der Waals surface area contributed by atoms with Crippen molar-refractivity contribution in [2.24, 2.45) is 0 Å². The molecule has 1 N–H and O–H groups in total. The fourth-order valence-corrected chi connectivity index (χ4v) is 4.60. The molecule has 0 saturated heterocycles. The third kappa shape index (κ3) is 5.14. The van der Waals surface area contributed by atoms with Crippen molar-refractivity contribution < 1.29 is 9.18 Å². The molecule has 0 bridgehead atoms. The monoisotopic (exact) mass is 438 g/mol. The van der Waals surface area contributed by atoms with Crippen molar-refractivity contribution in [3.63, 3.8) is 0 Å². The Labute approximate surface area is 181 Å². The number of halogens is 1. The van der Waals surface area contributed by atoms with E-state index < -0.39 is 0 Å². The minimum Gasteiger partial charge on any atom is -0.347 e. The quantitative estimate of drug-likeness (QED) is 0.450. The van der Waals surface area contributed by atoms with Gasteiger partial charge in [-0.15, -0.1) is 22.7 Å². The highest BCUT2D eigenvalue weighted by molar-refractivity contribution is 7.10. The van der Waals surface area contributed by atoms with Gasteiger partial charge in [0.2, 0.25) is 5.91 Å². The number of benzene rings is 1. The zero-order valence-electron chi connectivity index (χ0n) is 16.2. The third-order valence-corrected chi connectivity index (χ3v) is 6.36. The van der Waals surface area contributed by atoms with Crippen LogP contribution in [0.2, 0.25) is 0 Å². The van der Waals surface area contributed by atoms with Crippen molar-refractivity contribution in [1.82, 2.24) is 20.3 Å². The molecule has 4 aromatic rings. The summed E-state index contributed by atoms with van der Waals surface area (Å²) >= 11 is 3.02. The van der Waals surface area contributed by atoms with Gasteiger partial charge in [-0.05, 0) is 36.8 Å². The van der Waals surface area contributed by atoms with Crippen LogP contribution in [0.3, 0.4) is 0 Å². The van der Waals surface area contributed by atoms with Gasteiger partial charge in [0, 0.05) is 35.1 Å². The number of nitrogens with one attached hydrogen (secondary N) is 1. The first kappa shape index (κ1) is 20.3. The lowest BCUT2D eigenvalue weighted by molar-refractivity contribution is -0.121. The topological polar surface area (TPSA) is 67.8 Å². The molecule has 0 spiro atoms. The molecule has 0 radical (unpaired) electrons. The Morgan fingerprint density at radius 1 is 1.13 bits per heavy atom. The summed E-state index contributed by atoms with van der Waals surface area (Å²) in [6, 6.07) is 10.0. The van der Waals surface area contributed by atoms with Gasteiger partial charge in [0.15, 0.2) is 0 Å². The number of carbonyl (C=O) groups excluding carboxylic acids is 1. The summed E-state index contributed by atoms with van der Waals surface area (Å²) < 4.78 is 13.0. The molecule has 1 aromatic carbocycles. The molecule has 0 aliphatic heterocycles. The molecule has 8 heteroatoms. The molecule has 0 saturated carbocycles. The molecule has 4 rings (SSSR count). The largest absolute Gasteiger partial charge is 0.347 e. The van der Waals surface area contributed by atoms with Crippen LogP contribution in [-0.2, 0) is 17.6 Å². The van der Waals surface area contributed by atoms with E-state index in [-0.39, 0.29) is 24.2 Å². The van der Waals surface area contributed by atoms with Gasteiger partial charge in [-0.3, -0.25) is 9.78 Å². The first-order valence-corrected chi connectivity index (χ1v) is 11.2. The fraction of sp³-hybridized carbons (Fsp3) is 0.182. The molecule has 30 heavy (non-hydrogen) atoms. The van der Waals surface area contributed by atoms with Crippen LogP contribution in [-0.4, -0.2) is 20.9 Å². The summed E-state index contributed by atoms with van der Waals surface area (Å²) in [6.07, 6.45) is 4.33. The van der Waals surface area contributed by atoms with E-state index in [1.807, 2.05) is 29.8 Å². The van der Waals surface area contributed by atoms with Crippen LogP contribution < -0.4 is 5.32 Å². The van der Waals surface area contributed by atoms with Crippen molar-refractivity contribution in [3.8, 4) is 11.3 Å². The molecule has 3 heterocycles. The average Bonchev–Trinajstić information content (AvgIpc) is 3.40. The molecule has 0 fully saturated rings. The number of aromatic nitrogens is 3. The second-order valence-corrected chi connectivity index (χ2v) is 8.65. The minimum atomic E-state index is -0.253. The lowest BCUT2D eigenvalue weighted by atomic mass is 10.1. The van der Waals surface area contributed by atoms with Gasteiger partial charge in [0.05, 0.1) is 28.9 Å². The fourth-order valence-electron chi connectivity index (χ4n) is 2.94. The van der Waals surface area contributed by atoms with E-state index in [1.54, 1.807) is 24.5 Å². The average molecular weight is 439 g/mol. The summed E-state index contributed by atoms with van der Waals surface area (Å²) in [7, 11) is 0. The van der Waals surface area contributed by atoms with E-state index in [1.165, 1.54) is 34.8 Å². The third-order valence-electron chi connectivity index (χ3n) is 4.44. The van der Waals surface area contributed by atoms with E-state index in [2.05, 4.69) is 20.3 Å². The number of nitrogens with zero attached hydrogens (tertiary/aromatic N) is 3. The highest BCUT2D eigenvalue weighted by Crippen LogP contribution is 2.25. The van der Waals surface area contributed by atoms with Crippen LogP contribution in [0.5, 0.6) is 0 Å².